The van der Waals surface area contributed by atoms with E-state index in [2.05, 4.69) is 45.9 Å². The van der Waals surface area contributed by atoms with Crippen LogP contribution in [0, 0.1) is 12.8 Å². The number of benzene rings is 1. The van der Waals surface area contributed by atoms with Gasteiger partial charge in [-0.3, -0.25) is 14.6 Å². The van der Waals surface area contributed by atoms with Crippen molar-refractivity contribution < 1.29 is 4.79 Å². The molecule has 0 radical (unpaired) electrons. The summed E-state index contributed by atoms with van der Waals surface area (Å²) < 4.78 is 0. The summed E-state index contributed by atoms with van der Waals surface area (Å²) in [6, 6.07) is 9.63. The molecule has 1 aromatic carbocycles. The van der Waals surface area contributed by atoms with Gasteiger partial charge in [-0.1, -0.05) is 29.8 Å². The van der Waals surface area contributed by atoms with Crippen LogP contribution in [0.1, 0.15) is 49.7 Å². The molecule has 4 nitrogen and oxygen atoms in total. The summed E-state index contributed by atoms with van der Waals surface area (Å²) in [5.74, 6) is 0.691. The van der Waals surface area contributed by atoms with Crippen molar-refractivity contribution >= 4 is 5.91 Å². The van der Waals surface area contributed by atoms with E-state index in [0.717, 1.165) is 32.6 Å². The van der Waals surface area contributed by atoms with Crippen molar-refractivity contribution in [1.29, 1.82) is 0 Å². The van der Waals surface area contributed by atoms with Crippen LogP contribution in [0.5, 0.6) is 0 Å². The van der Waals surface area contributed by atoms with Gasteiger partial charge in [0.05, 0.1) is 5.92 Å². The molecule has 0 aromatic heterocycles. The Morgan fingerprint density at radius 1 is 0.926 bits per heavy atom. The fraction of sp³-hybridized carbons (Fsp3) is 0.696. The lowest BCUT2D eigenvalue weighted by molar-refractivity contribution is -0.136. The Labute approximate surface area is 164 Å². The Kier molecular flexibility index (Phi) is 6.14. The Bertz CT molecular complexity index is 615. The van der Waals surface area contributed by atoms with Gasteiger partial charge < -0.3 is 4.90 Å². The molecule has 1 aromatic rings. The van der Waals surface area contributed by atoms with Crippen LogP contribution in [0.3, 0.4) is 0 Å². The molecule has 0 saturated carbocycles. The van der Waals surface area contributed by atoms with Gasteiger partial charge in [-0.25, -0.2) is 0 Å². The minimum Gasteiger partial charge on any atom is -0.342 e. The number of likely N-dealkylation sites (tertiary alicyclic amines) is 3. The van der Waals surface area contributed by atoms with Gasteiger partial charge in [-0.05, 0) is 70.6 Å². The zero-order chi connectivity index (χ0) is 18.6. The zero-order valence-electron chi connectivity index (χ0n) is 16.9. The zero-order valence-corrected chi connectivity index (χ0v) is 16.9. The van der Waals surface area contributed by atoms with E-state index >= 15 is 0 Å². The molecule has 1 amide bonds. The Morgan fingerprint density at radius 2 is 1.63 bits per heavy atom. The second-order valence-electron chi connectivity index (χ2n) is 8.86. The molecule has 4 rings (SSSR count). The molecule has 3 heterocycles. The van der Waals surface area contributed by atoms with E-state index in [0.29, 0.717) is 11.9 Å². The van der Waals surface area contributed by atoms with Gasteiger partial charge in [0, 0.05) is 32.2 Å². The normalized spacial score (nSPS) is 25.8. The van der Waals surface area contributed by atoms with E-state index in [1.807, 2.05) is 0 Å². The molecule has 0 aliphatic carbocycles. The number of nitrogens with zero attached hydrogens (tertiary/aromatic N) is 3. The Morgan fingerprint density at radius 3 is 2.33 bits per heavy atom. The molecule has 3 aliphatic heterocycles. The maximum absolute atomic E-state index is 12.8. The van der Waals surface area contributed by atoms with Crippen LogP contribution in [0.2, 0.25) is 0 Å². The lowest BCUT2D eigenvalue weighted by Gasteiger charge is -2.42. The Balaban J connectivity index is 1.26. The monoisotopic (exact) mass is 369 g/mol. The number of amides is 1. The number of rotatable bonds is 4. The third kappa shape index (κ3) is 4.72. The molecule has 1 atom stereocenters. The first kappa shape index (κ1) is 18.9. The third-order valence-electron chi connectivity index (χ3n) is 6.82. The fourth-order valence-corrected chi connectivity index (χ4v) is 5.13. The lowest BCUT2D eigenvalue weighted by atomic mass is 9.93. The van der Waals surface area contributed by atoms with Gasteiger partial charge in [-0.2, -0.15) is 0 Å². The molecule has 3 fully saturated rings. The highest BCUT2D eigenvalue weighted by Crippen LogP contribution is 2.26. The predicted molar refractivity (Wildman–Crippen MR) is 110 cm³/mol. The van der Waals surface area contributed by atoms with E-state index < -0.39 is 0 Å². The standard InChI is InChI=1S/C23H35N3O/c1-19-6-8-20(9-7-19)17-24-15-10-22(11-16-24)26-14-4-5-21(18-26)23(27)25-12-2-3-13-25/h6-9,21-22H,2-5,10-18H2,1H3/t21-/m1/s1. The molecule has 0 bridgehead atoms. The predicted octanol–water partition coefficient (Wildman–Crippen LogP) is 3.29. The number of aryl methyl sites for hydroxylation is 1. The molecular weight excluding hydrogens is 334 g/mol. The van der Waals surface area contributed by atoms with E-state index in [1.54, 1.807) is 0 Å². The van der Waals surface area contributed by atoms with E-state index in [-0.39, 0.29) is 5.92 Å². The molecule has 0 N–H and O–H groups in total. The Hall–Kier alpha value is -1.39. The van der Waals surface area contributed by atoms with Crippen molar-refractivity contribution in [3.8, 4) is 0 Å². The van der Waals surface area contributed by atoms with Crippen molar-refractivity contribution in [2.24, 2.45) is 5.92 Å². The summed E-state index contributed by atoms with van der Waals surface area (Å²) in [4.78, 5) is 20.2. The molecule has 148 valence electrons. The quantitative estimate of drug-likeness (QED) is 0.815. The van der Waals surface area contributed by atoms with Gasteiger partial charge in [0.15, 0.2) is 0 Å². The van der Waals surface area contributed by atoms with E-state index in [1.165, 1.54) is 62.9 Å². The van der Waals surface area contributed by atoms with Crippen LogP contribution in [0.15, 0.2) is 24.3 Å². The average Bonchev–Trinajstić information content (AvgIpc) is 3.25. The van der Waals surface area contributed by atoms with Gasteiger partial charge in [0.1, 0.15) is 0 Å². The minimum atomic E-state index is 0.252. The third-order valence-corrected chi connectivity index (χ3v) is 6.82. The van der Waals surface area contributed by atoms with Crippen molar-refractivity contribution in [2.45, 2.75) is 58.0 Å². The number of carbonyl (C=O) groups is 1. The van der Waals surface area contributed by atoms with Crippen molar-refractivity contribution in [1.82, 2.24) is 14.7 Å². The number of hydrogen-bond donors (Lipinski definition) is 0. The SMILES string of the molecule is Cc1ccc(CN2CCC(N3CCC[C@@H](C(=O)N4CCCC4)C3)CC2)cc1. The highest BCUT2D eigenvalue weighted by molar-refractivity contribution is 5.79. The number of carbonyl (C=O) groups excluding carboxylic acids is 1. The summed E-state index contributed by atoms with van der Waals surface area (Å²) in [6.07, 6.45) is 7.17. The fourth-order valence-electron chi connectivity index (χ4n) is 5.13. The summed E-state index contributed by atoms with van der Waals surface area (Å²) in [5, 5.41) is 0. The van der Waals surface area contributed by atoms with Crippen LogP contribution >= 0.6 is 0 Å². The van der Waals surface area contributed by atoms with Crippen LogP contribution in [0.4, 0.5) is 0 Å². The molecule has 27 heavy (non-hydrogen) atoms. The maximum Gasteiger partial charge on any atom is 0.226 e. The largest absolute Gasteiger partial charge is 0.342 e. The van der Waals surface area contributed by atoms with Crippen molar-refractivity contribution in [2.75, 3.05) is 39.3 Å². The summed E-state index contributed by atoms with van der Waals surface area (Å²) in [7, 11) is 0. The van der Waals surface area contributed by atoms with Crippen LogP contribution in [-0.2, 0) is 11.3 Å². The molecule has 0 unspecified atom stereocenters. The molecule has 4 heteroatoms. The molecule has 3 saturated heterocycles. The minimum absolute atomic E-state index is 0.252. The summed E-state index contributed by atoms with van der Waals surface area (Å²) in [6.45, 7) is 9.75. The summed E-state index contributed by atoms with van der Waals surface area (Å²) >= 11 is 0. The van der Waals surface area contributed by atoms with Gasteiger partial charge >= 0.3 is 0 Å². The van der Waals surface area contributed by atoms with Crippen LogP contribution in [0.25, 0.3) is 0 Å². The van der Waals surface area contributed by atoms with Gasteiger partial charge in [-0.15, -0.1) is 0 Å². The highest BCUT2D eigenvalue weighted by atomic mass is 16.2. The second kappa shape index (κ2) is 8.74. The van der Waals surface area contributed by atoms with E-state index in [4.69, 9.17) is 0 Å². The molecule has 3 aliphatic rings. The average molecular weight is 370 g/mol. The topological polar surface area (TPSA) is 26.8 Å². The summed E-state index contributed by atoms with van der Waals surface area (Å²) in [5.41, 5.74) is 2.76. The van der Waals surface area contributed by atoms with Crippen molar-refractivity contribution in [3.05, 3.63) is 35.4 Å². The first-order chi connectivity index (χ1) is 13.2. The molecular formula is C23H35N3O. The smallest absolute Gasteiger partial charge is 0.226 e. The van der Waals surface area contributed by atoms with Crippen molar-refractivity contribution in [3.63, 3.8) is 0 Å². The number of hydrogen-bond acceptors (Lipinski definition) is 3. The van der Waals surface area contributed by atoms with Crippen LogP contribution < -0.4 is 0 Å². The number of piperidine rings is 2. The van der Waals surface area contributed by atoms with Crippen LogP contribution in [-0.4, -0.2) is 65.9 Å². The molecule has 0 spiro atoms. The first-order valence-electron chi connectivity index (χ1n) is 11.0. The second-order valence-corrected chi connectivity index (χ2v) is 8.86. The maximum atomic E-state index is 12.8. The highest BCUT2D eigenvalue weighted by Gasteiger charge is 2.34. The van der Waals surface area contributed by atoms with E-state index in [9.17, 15) is 4.79 Å². The van der Waals surface area contributed by atoms with Gasteiger partial charge in [0.25, 0.3) is 0 Å². The van der Waals surface area contributed by atoms with Gasteiger partial charge in [0.2, 0.25) is 5.91 Å². The first-order valence-corrected chi connectivity index (χ1v) is 11.0. The lowest BCUT2D eigenvalue weighted by Crippen LogP contribution is -2.51.